The predicted molar refractivity (Wildman–Crippen MR) is 147 cm³/mol. The van der Waals surface area contributed by atoms with Crippen molar-refractivity contribution in [1.29, 1.82) is 0 Å². The highest BCUT2D eigenvalue weighted by Crippen LogP contribution is 2.35. The standard InChI is InChI=1S/C29H29FN10/c1-18-7-23(9-24-8-19(2)36-37-24)35-29(34-18)21-4-6-27(32-12-21)38-16-25-10-26(17-38)39(25)14-20-3-5-28(31-11-20)40-15-22(30)13-33-40/h3-8,11-13,15,25-26H,9-10,14,16-17H2,1-2H3,(H,36,37). The van der Waals surface area contributed by atoms with E-state index in [1.165, 1.54) is 23.5 Å². The molecule has 1 N–H and O–H groups in total. The van der Waals surface area contributed by atoms with Gasteiger partial charge in [-0.1, -0.05) is 6.07 Å². The molecule has 5 aromatic heterocycles. The number of rotatable bonds is 7. The van der Waals surface area contributed by atoms with Gasteiger partial charge in [-0.15, -0.1) is 0 Å². The first-order valence-corrected chi connectivity index (χ1v) is 13.4. The lowest BCUT2D eigenvalue weighted by molar-refractivity contribution is -0.00875. The molecule has 0 spiro atoms. The van der Waals surface area contributed by atoms with Crippen LogP contribution in [0, 0.1) is 19.7 Å². The highest BCUT2D eigenvalue weighted by Gasteiger charge is 2.44. The Labute approximate surface area is 231 Å². The number of hydrogen-bond donors (Lipinski definition) is 1. The van der Waals surface area contributed by atoms with Gasteiger partial charge in [0, 0.05) is 67.5 Å². The van der Waals surface area contributed by atoms with Gasteiger partial charge in [-0.2, -0.15) is 10.2 Å². The number of hydrogen-bond acceptors (Lipinski definition) is 8. The largest absolute Gasteiger partial charge is 0.353 e. The average molecular weight is 537 g/mol. The molecule has 0 aliphatic carbocycles. The molecule has 11 heteroatoms. The van der Waals surface area contributed by atoms with Gasteiger partial charge < -0.3 is 4.90 Å². The predicted octanol–water partition coefficient (Wildman–Crippen LogP) is 3.65. The van der Waals surface area contributed by atoms with Crippen LogP contribution in [0.15, 0.2) is 61.2 Å². The third-order valence-corrected chi connectivity index (χ3v) is 7.66. The van der Waals surface area contributed by atoms with Crippen LogP contribution in [-0.4, -0.2) is 70.0 Å². The number of nitrogens with one attached hydrogen (secondary N) is 1. The zero-order chi connectivity index (χ0) is 27.2. The Balaban J connectivity index is 0.991. The second-order valence-corrected chi connectivity index (χ2v) is 10.7. The number of aromatic nitrogens is 8. The summed E-state index contributed by atoms with van der Waals surface area (Å²) in [7, 11) is 0. The number of halogens is 1. The fourth-order valence-corrected chi connectivity index (χ4v) is 5.72. The summed E-state index contributed by atoms with van der Waals surface area (Å²) in [5.41, 5.74) is 5.91. The average Bonchev–Trinajstić information content (AvgIpc) is 3.59. The van der Waals surface area contributed by atoms with Crippen LogP contribution < -0.4 is 4.90 Å². The molecular weight excluding hydrogens is 507 g/mol. The summed E-state index contributed by atoms with van der Waals surface area (Å²) in [5.74, 6) is 1.90. The zero-order valence-electron chi connectivity index (χ0n) is 22.4. The number of pyridine rings is 2. The van der Waals surface area contributed by atoms with Crippen LogP contribution in [0.1, 0.15) is 34.8 Å². The summed E-state index contributed by atoms with van der Waals surface area (Å²) >= 11 is 0. The van der Waals surface area contributed by atoms with Crippen LogP contribution in [-0.2, 0) is 13.0 Å². The quantitative estimate of drug-likeness (QED) is 0.336. The molecule has 3 aliphatic heterocycles. The molecule has 10 nitrogen and oxygen atoms in total. The summed E-state index contributed by atoms with van der Waals surface area (Å²) in [5, 5.41) is 11.3. The van der Waals surface area contributed by atoms with E-state index in [0.717, 1.165) is 59.4 Å². The topological polar surface area (TPSA) is 105 Å². The molecule has 8 heterocycles. The Bertz CT molecular complexity index is 1630. The van der Waals surface area contributed by atoms with Gasteiger partial charge in [0.15, 0.2) is 17.5 Å². The fourth-order valence-electron chi connectivity index (χ4n) is 5.72. The van der Waals surface area contributed by atoms with E-state index in [4.69, 9.17) is 9.97 Å². The summed E-state index contributed by atoms with van der Waals surface area (Å²) in [6.07, 6.45) is 8.10. The van der Waals surface area contributed by atoms with Gasteiger partial charge in [0.1, 0.15) is 5.82 Å². The molecule has 5 aromatic rings. The normalized spacial score (nSPS) is 18.6. The van der Waals surface area contributed by atoms with Crippen molar-refractivity contribution in [1.82, 2.24) is 44.8 Å². The highest BCUT2D eigenvalue weighted by atomic mass is 19.1. The number of aryl methyl sites for hydroxylation is 2. The Morgan fingerprint density at radius 2 is 1.75 bits per heavy atom. The molecule has 40 heavy (non-hydrogen) atoms. The zero-order valence-corrected chi connectivity index (χ0v) is 22.4. The first kappa shape index (κ1) is 24.5. The van der Waals surface area contributed by atoms with Gasteiger partial charge in [0.25, 0.3) is 0 Å². The number of nitrogens with zero attached hydrogens (tertiary/aromatic N) is 9. The van der Waals surface area contributed by atoms with Crippen LogP contribution in [0.25, 0.3) is 17.2 Å². The van der Waals surface area contributed by atoms with E-state index >= 15 is 0 Å². The first-order valence-electron chi connectivity index (χ1n) is 13.4. The van der Waals surface area contributed by atoms with E-state index in [-0.39, 0.29) is 5.82 Å². The Morgan fingerprint density at radius 1 is 0.925 bits per heavy atom. The molecular formula is C29H29FN10. The minimum atomic E-state index is -0.373. The number of H-pyrrole nitrogens is 1. The van der Waals surface area contributed by atoms with Crippen molar-refractivity contribution in [3.63, 3.8) is 0 Å². The molecule has 3 fully saturated rings. The molecule has 0 amide bonds. The summed E-state index contributed by atoms with van der Waals surface area (Å²) < 4.78 is 14.7. The second kappa shape index (κ2) is 9.91. The van der Waals surface area contributed by atoms with Crippen molar-refractivity contribution in [3.8, 4) is 17.2 Å². The Hall–Kier alpha value is -4.51. The third-order valence-electron chi connectivity index (χ3n) is 7.66. The van der Waals surface area contributed by atoms with Crippen molar-refractivity contribution in [3.05, 3.63) is 95.3 Å². The Kier molecular flexibility index (Phi) is 6.07. The summed E-state index contributed by atoms with van der Waals surface area (Å²) in [4.78, 5) is 23.6. The summed E-state index contributed by atoms with van der Waals surface area (Å²) in [6.45, 7) is 6.71. The molecule has 2 unspecified atom stereocenters. The van der Waals surface area contributed by atoms with Gasteiger partial charge in [0.05, 0.1) is 23.8 Å². The molecule has 8 rings (SSSR count). The number of fused-ring (bicyclic) bond motifs is 2. The number of piperazine rings is 1. The van der Waals surface area contributed by atoms with Crippen LogP contribution >= 0.6 is 0 Å². The minimum absolute atomic E-state index is 0.373. The second-order valence-electron chi connectivity index (χ2n) is 10.7. The molecule has 2 bridgehead atoms. The maximum absolute atomic E-state index is 13.3. The molecule has 0 saturated carbocycles. The fraction of sp³-hybridized carbons (Fsp3) is 0.310. The van der Waals surface area contributed by atoms with Gasteiger partial charge in [-0.05, 0) is 56.2 Å². The van der Waals surface area contributed by atoms with Gasteiger partial charge >= 0.3 is 0 Å². The van der Waals surface area contributed by atoms with Crippen LogP contribution in [0.3, 0.4) is 0 Å². The van der Waals surface area contributed by atoms with Crippen molar-refractivity contribution in [2.45, 2.75) is 45.3 Å². The van der Waals surface area contributed by atoms with Crippen molar-refractivity contribution in [2.24, 2.45) is 0 Å². The maximum Gasteiger partial charge on any atom is 0.161 e. The van der Waals surface area contributed by atoms with Gasteiger partial charge in [0.2, 0.25) is 0 Å². The summed E-state index contributed by atoms with van der Waals surface area (Å²) in [6, 6.07) is 13.1. The van der Waals surface area contributed by atoms with E-state index in [2.05, 4.69) is 47.2 Å². The van der Waals surface area contributed by atoms with Crippen LogP contribution in [0.2, 0.25) is 0 Å². The van der Waals surface area contributed by atoms with E-state index in [9.17, 15) is 4.39 Å². The SMILES string of the molecule is Cc1cc(Cc2cc(C)[nH]n2)nc(-c2ccc(N3CC4CC(C3)N4Cc3ccc(-n4cc(F)cn4)nc3)nc2)n1. The number of aromatic amines is 1. The molecule has 0 aromatic carbocycles. The van der Waals surface area contributed by atoms with Crippen molar-refractivity contribution in [2.75, 3.05) is 18.0 Å². The molecule has 202 valence electrons. The highest BCUT2D eigenvalue weighted by molar-refractivity contribution is 5.57. The van der Waals surface area contributed by atoms with Crippen molar-refractivity contribution >= 4 is 5.82 Å². The van der Waals surface area contributed by atoms with E-state index in [0.29, 0.717) is 30.1 Å². The van der Waals surface area contributed by atoms with Crippen LogP contribution in [0.5, 0.6) is 0 Å². The van der Waals surface area contributed by atoms with Crippen molar-refractivity contribution < 1.29 is 4.39 Å². The maximum atomic E-state index is 13.3. The lowest BCUT2D eigenvalue weighted by Gasteiger charge is -2.56. The monoisotopic (exact) mass is 536 g/mol. The minimum Gasteiger partial charge on any atom is -0.353 e. The molecule has 3 aliphatic rings. The lowest BCUT2D eigenvalue weighted by atomic mass is 9.87. The number of anilines is 1. The van der Waals surface area contributed by atoms with E-state index in [1.54, 1.807) is 0 Å². The Morgan fingerprint density at radius 3 is 2.42 bits per heavy atom. The van der Waals surface area contributed by atoms with Crippen LogP contribution in [0.4, 0.5) is 10.2 Å². The van der Waals surface area contributed by atoms with E-state index < -0.39 is 0 Å². The third kappa shape index (κ3) is 4.84. The van der Waals surface area contributed by atoms with E-state index in [1.807, 2.05) is 50.5 Å². The first-order chi connectivity index (χ1) is 19.5. The number of piperidine rings is 1. The smallest absolute Gasteiger partial charge is 0.161 e. The van der Waals surface area contributed by atoms with Gasteiger partial charge in [-0.25, -0.2) is 29.0 Å². The van der Waals surface area contributed by atoms with Gasteiger partial charge in [-0.3, -0.25) is 10.00 Å². The molecule has 3 saturated heterocycles. The lowest BCUT2D eigenvalue weighted by Crippen LogP contribution is -2.68. The molecule has 2 atom stereocenters. The molecule has 0 radical (unpaired) electrons.